The van der Waals surface area contributed by atoms with E-state index in [1.807, 2.05) is 0 Å². The van der Waals surface area contributed by atoms with Crippen molar-refractivity contribution in [1.29, 1.82) is 0 Å². The molecule has 0 bridgehead atoms. The van der Waals surface area contributed by atoms with Gasteiger partial charge in [-0.2, -0.15) is 0 Å². The third kappa shape index (κ3) is 2.23. The molecular weight excluding hydrogens is 182 g/mol. The molecule has 15 heavy (non-hydrogen) atoms. The average Bonchev–Trinajstić information content (AvgIpc) is 2.26. The Balaban J connectivity index is 2.22. The van der Waals surface area contributed by atoms with Crippen molar-refractivity contribution in [3.63, 3.8) is 0 Å². The van der Waals surface area contributed by atoms with Crippen LogP contribution in [0.25, 0.3) is 6.08 Å². The molecule has 0 spiro atoms. The summed E-state index contributed by atoms with van der Waals surface area (Å²) < 4.78 is 0. The molecule has 2 rings (SSSR count). The largest absolute Gasteiger partial charge is 0.382 e. The molecule has 0 fully saturated rings. The Morgan fingerprint density at radius 1 is 1.27 bits per heavy atom. The monoisotopic (exact) mass is 201 g/mol. The fraction of sp³-hybridized carbons (Fsp3) is 0.429. The maximum atomic E-state index is 3.57. The van der Waals surface area contributed by atoms with E-state index in [0.717, 1.165) is 0 Å². The van der Waals surface area contributed by atoms with Crippen LogP contribution in [0.15, 0.2) is 30.0 Å². The van der Waals surface area contributed by atoms with E-state index in [2.05, 4.69) is 49.5 Å². The van der Waals surface area contributed by atoms with Crippen LogP contribution in [0.4, 0.5) is 0 Å². The Labute approximate surface area is 92.2 Å². The SMILES string of the molecule is CCCCC1=Cc2ccccc2C(C)N1. The number of hydrogen-bond acceptors (Lipinski definition) is 1. The molecule has 1 atom stereocenters. The van der Waals surface area contributed by atoms with E-state index in [1.54, 1.807) is 0 Å². The third-order valence-electron chi connectivity index (χ3n) is 2.99. The summed E-state index contributed by atoms with van der Waals surface area (Å²) in [6, 6.07) is 9.10. The molecule has 1 unspecified atom stereocenters. The molecule has 0 saturated heterocycles. The molecule has 0 radical (unpaired) electrons. The lowest BCUT2D eigenvalue weighted by atomic mass is 9.95. The minimum Gasteiger partial charge on any atom is -0.382 e. The predicted octanol–water partition coefficient (Wildman–Crippen LogP) is 3.88. The van der Waals surface area contributed by atoms with Crippen molar-refractivity contribution in [2.24, 2.45) is 0 Å². The lowest BCUT2D eigenvalue weighted by Crippen LogP contribution is -2.22. The van der Waals surface area contributed by atoms with Crippen LogP contribution in [0, 0.1) is 0 Å². The number of fused-ring (bicyclic) bond motifs is 1. The van der Waals surface area contributed by atoms with Gasteiger partial charge in [0, 0.05) is 11.7 Å². The first-order chi connectivity index (χ1) is 7.31. The number of allylic oxidation sites excluding steroid dienone is 1. The van der Waals surface area contributed by atoms with E-state index in [9.17, 15) is 0 Å². The summed E-state index contributed by atoms with van der Waals surface area (Å²) >= 11 is 0. The second kappa shape index (κ2) is 4.52. The van der Waals surface area contributed by atoms with Gasteiger partial charge in [-0.1, -0.05) is 37.6 Å². The van der Waals surface area contributed by atoms with Crippen LogP contribution < -0.4 is 5.32 Å². The van der Waals surface area contributed by atoms with E-state index in [4.69, 9.17) is 0 Å². The maximum Gasteiger partial charge on any atom is 0.0488 e. The number of unbranched alkanes of at least 4 members (excludes halogenated alkanes) is 1. The van der Waals surface area contributed by atoms with Crippen LogP contribution in [0.1, 0.15) is 50.3 Å². The summed E-state index contributed by atoms with van der Waals surface area (Å²) in [5.41, 5.74) is 4.19. The van der Waals surface area contributed by atoms with Crippen molar-refractivity contribution in [1.82, 2.24) is 5.32 Å². The topological polar surface area (TPSA) is 12.0 Å². The Morgan fingerprint density at radius 3 is 2.87 bits per heavy atom. The highest BCUT2D eigenvalue weighted by molar-refractivity contribution is 5.59. The molecular formula is C14H19N. The Kier molecular flexibility index (Phi) is 3.10. The van der Waals surface area contributed by atoms with Crippen molar-refractivity contribution in [2.45, 2.75) is 39.2 Å². The van der Waals surface area contributed by atoms with Crippen LogP contribution in [-0.2, 0) is 0 Å². The maximum absolute atomic E-state index is 3.57. The van der Waals surface area contributed by atoms with Crippen molar-refractivity contribution in [2.75, 3.05) is 0 Å². The van der Waals surface area contributed by atoms with Gasteiger partial charge in [0.25, 0.3) is 0 Å². The molecule has 1 N–H and O–H groups in total. The molecule has 0 aromatic heterocycles. The molecule has 1 nitrogen and oxygen atoms in total. The van der Waals surface area contributed by atoms with Crippen LogP contribution in [0.3, 0.4) is 0 Å². The lowest BCUT2D eigenvalue weighted by molar-refractivity contribution is 0.607. The summed E-state index contributed by atoms with van der Waals surface area (Å²) in [7, 11) is 0. The van der Waals surface area contributed by atoms with E-state index < -0.39 is 0 Å². The van der Waals surface area contributed by atoms with Gasteiger partial charge in [0.1, 0.15) is 0 Å². The summed E-state index contributed by atoms with van der Waals surface area (Å²) in [4.78, 5) is 0. The fourth-order valence-corrected chi connectivity index (χ4v) is 2.13. The van der Waals surface area contributed by atoms with E-state index >= 15 is 0 Å². The molecule has 0 amide bonds. The number of hydrogen-bond donors (Lipinski definition) is 1. The third-order valence-corrected chi connectivity index (χ3v) is 2.99. The number of nitrogens with one attached hydrogen (secondary N) is 1. The molecule has 1 aromatic carbocycles. The van der Waals surface area contributed by atoms with Crippen LogP contribution in [0.5, 0.6) is 0 Å². The molecule has 1 aliphatic rings. The van der Waals surface area contributed by atoms with Crippen LogP contribution in [-0.4, -0.2) is 0 Å². The first kappa shape index (κ1) is 10.3. The molecule has 80 valence electrons. The Morgan fingerprint density at radius 2 is 2.07 bits per heavy atom. The van der Waals surface area contributed by atoms with E-state index in [0.29, 0.717) is 6.04 Å². The molecule has 0 saturated carbocycles. The standard InChI is InChI=1S/C14H19N/c1-3-4-8-13-10-12-7-5-6-9-14(12)11(2)15-13/h5-7,9-11,15H,3-4,8H2,1-2H3. The lowest BCUT2D eigenvalue weighted by Gasteiger charge is -2.25. The molecule has 1 heteroatoms. The van der Waals surface area contributed by atoms with Gasteiger partial charge in [0.2, 0.25) is 0 Å². The second-order valence-electron chi connectivity index (χ2n) is 4.27. The average molecular weight is 201 g/mol. The summed E-state index contributed by atoms with van der Waals surface area (Å²) in [5, 5.41) is 3.57. The quantitative estimate of drug-likeness (QED) is 0.782. The highest BCUT2D eigenvalue weighted by Gasteiger charge is 2.14. The van der Waals surface area contributed by atoms with Gasteiger partial charge in [-0.05, 0) is 37.0 Å². The smallest absolute Gasteiger partial charge is 0.0488 e. The van der Waals surface area contributed by atoms with Crippen LogP contribution >= 0.6 is 0 Å². The predicted molar refractivity (Wildman–Crippen MR) is 65.5 cm³/mol. The number of rotatable bonds is 3. The second-order valence-corrected chi connectivity index (χ2v) is 4.27. The first-order valence-corrected chi connectivity index (χ1v) is 5.87. The zero-order chi connectivity index (χ0) is 10.7. The molecule has 0 aliphatic carbocycles. The Bertz CT molecular complexity index is 365. The van der Waals surface area contributed by atoms with Gasteiger partial charge >= 0.3 is 0 Å². The minimum absolute atomic E-state index is 0.457. The van der Waals surface area contributed by atoms with Crippen LogP contribution in [0.2, 0.25) is 0 Å². The number of benzene rings is 1. The van der Waals surface area contributed by atoms with Gasteiger partial charge in [-0.3, -0.25) is 0 Å². The highest BCUT2D eigenvalue weighted by atomic mass is 14.9. The van der Waals surface area contributed by atoms with Crippen molar-refractivity contribution in [3.05, 3.63) is 41.1 Å². The van der Waals surface area contributed by atoms with Gasteiger partial charge < -0.3 is 5.32 Å². The zero-order valence-corrected chi connectivity index (χ0v) is 9.59. The zero-order valence-electron chi connectivity index (χ0n) is 9.59. The van der Waals surface area contributed by atoms with E-state index in [-0.39, 0.29) is 0 Å². The van der Waals surface area contributed by atoms with Gasteiger partial charge in [-0.25, -0.2) is 0 Å². The highest BCUT2D eigenvalue weighted by Crippen LogP contribution is 2.27. The van der Waals surface area contributed by atoms with Crippen molar-refractivity contribution >= 4 is 6.08 Å². The normalized spacial score (nSPS) is 19.1. The first-order valence-electron chi connectivity index (χ1n) is 5.87. The van der Waals surface area contributed by atoms with Gasteiger partial charge in [0.05, 0.1) is 0 Å². The van der Waals surface area contributed by atoms with Gasteiger partial charge in [-0.15, -0.1) is 0 Å². The summed E-state index contributed by atoms with van der Waals surface area (Å²) in [6.45, 7) is 4.47. The van der Waals surface area contributed by atoms with Crippen molar-refractivity contribution in [3.8, 4) is 0 Å². The fourth-order valence-electron chi connectivity index (χ4n) is 2.13. The van der Waals surface area contributed by atoms with E-state index in [1.165, 1.54) is 36.1 Å². The van der Waals surface area contributed by atoms with Gasteiger partial charge in [0.15, 0.2) is 0 Å². The summed E-state index contributed by atoms with van der Waals surface area (Å²) in [6.07, 6.45) is 6.00. The summed E-state index contributed by atoms with van der Waals surface area (Å²) in [5.74, 6) is 0. The molecule has 1 heterocycles. The molecule has 1 aromatic rings. The Hall–Kier alpha value is -1.24. The minimum atomic E-state index is 0.457. The van der Waals surface area contributed by atoms with Crippen molar-refractivity contribution < 1.29 is 0 Å². The molecule has 1 aliphatic heterocycles.